The van der Waals surface area contributed by atoms with Crippen LogP contribution in [-0.4, -0.2) is 22.1 Å². The van der Waals surface area contributed by atoms with Crippen LogP contribution in [0, 0.1) is 0 Å². The highest BCUT2D eigenvalue weighted by Crippen LogP contribution is 2.14. The highest BCUT2D eigenvalue weighted by molar-refractivity contribution is 9.10. The van der Waals surface area contributed by atoms with Crippen molar-refractivity contribution in [1.29, 1.82) is 0 Å². The first-order chi connectivity index (χ1) is 9.58. The molecule has 0 bridgehead atoms. The molecular formula is C13H12BrN3O2S. The van der Waals surface area contributed by atoms with Crippen molar-refractivity contribution in [3.63, 3.8) is 0 Å². The van der Waals surface area contributed by atoms with Gasteiger partial charge in [0.2, 0.25) is 0 Å². The van der Waals surface area contributed by atoms with Crippen LogP contribution >= 0.6 is 27.7 Å². The molecule has 1 aromatic heterocycles. The molecule has 2 N–H and O–H groups in total. The number of nitrogens with one attached hydrogen (secondary N) is 2. The van der Waals surface area contributed by atoms with Crippen molar-refractivity contribution >= 4 is 39.3 Å². The Balaban J connectivity index is 2.20. The monoisotopic (exact) mass is 353 g/mol. The quantitative estimate of drug-likeness (QED) is 0.885. The molecule has 0 unspecified atom stereocenters. The summed E-state index contributed by atoms with van der Waals surface area (Å²) in [5.41, 5.74) is 0.428. The Hall–Kier alpha value is -1.60. The van der Waals surface area contributed by atoms with Crippen LogP contribution in [0.1, 0.15) is 16.3 Å². The second kappa shape index (κ2) is 6.71. The molecular weight excluding hydrogens is 342 g/mol. The van der Waals surface area contributed by atoms with E-state index in [4.69, 9.17) is 0 Å². The van der Waals surface area contributed by atoms with Gasteiger partial charge in [-0.05, 0) is 30.5 Å². The SMILES string of the molecule is CSCc1nc(C(=O)Nc2ccc(Br)cc2)cc(=O)[nH]1. The van der Waals surface area contributed by atoms with Gasteiger partial charge in [-0.15, -0.1) is 0 Å². The van der Waals surface area contributed by atoms with Gasteiger partial charge in [0.15, 0.2) is 0 Å². The second-order valence-electron chi connectivity index (χ2n) is 3.97. The maximum Gasteiger partial charge on any atom is 0.274 e. The van der Waals surface area contributed by atoms with E-state index in [0.717, 1.165) is 4.47 Å². The minimum absolute atomic E-state index is 0.112. The lowest BCUT2D eigenvalue weighted by Gasteiger charge is -2.05. The van der Waals surface area contributed by atoms with Crippen LogP contribution in [0.25, 0.3) is 0 Å². The molecule has 1 aromatic carbocycles. The minimum Gasteiger partial charge on any atom is -0.321 e. The number of anilines is 1. The summed E-state index contributed by atoms with van der Waals surface area (Å²) in [5, 5.41) is 2.70. The zero-order valence-corrected chi connectivity index (χ0v) is 13.0. The standard InChI is InChI=1S/C13H12BrN3O2S/c1-20-7-11-16-10(6-12(18)17-11)13(19)15-9-4-2-8(14)3-5-9/h2-6H,7H2,1H3,(H,15,19)(H,16,17,18). The van der Waals surface area contributed by atoms with Crippen molar-refractivity contribution in [1.82, 2.24) is 9.97 Å². The third-order valence-electron chi connectivity index (χ3n) is 2.41. The summed E-state index contributed by atoms with van der Waals surface area (Å²) < 4.78 is 0.923. The smallest absolute Gasteiger partial charge is 0.274 e. The molecule has 0 spiro atoms. The van der Waals surface area contributed by atoms with Crippen LogP contribution in [-0.2, 0) is 5.75 Å². The van der Waals surface area contributed by atoms with Gasteiger partial charge in [0.05, 0.1) is 5.75 Å². The van der Waals surface area contributed by atoms with Gasteiger partial charge >= 0.3 is 0 Å². The number of halogens is 1. The molecule has 0 saturated heterocycles. The lowest BCUT2D eigenvalue weighted by molar-refractivity contribution is 0.102. The van der Waals surface area contributed by atoms with E-state index in [-0.39, 0.29) is 11.3 Å². The topological polar surface area (TPSA) is 74.8 Å². The van der Waals surface area contributed by atoms with E-state index in [9.17, 15) is 9.59 Å². The number of hydrogen-bond acceptors (Lipinski definition) is 4. The Morgan fingerprint density at radius 2 is 2.10 bits per heavy atom. The summed E-state index contributed by atoms with van der Waals surface area (Å²) in [5.74, 6) is 0.640. The number of hydrogen-bond donors (Lipinski definition) is 2. The highest BCUT2D eigenvalue weighted by atomic mass is 79.9. The number of aromatic nitrogens is 2. The molecule has 2 rings (SSSR count). The summed E-state index contributed by atoms with van der Waals surface area (Å²) in [6, 6.07) is 8.36. The molecule has 5 nitrogen and oxygen atoms in total. The van der Waals surface area contributed by atoms with Crippen molar-refractivity contribution in [3.8, 4) is 0 Å². The van der Waals surface area contributed by atoms with Crippen LogP contribution in [0.2, 0.25) is 0 Å². The Morgan fingerprint density at radius 1 is 1.40 bits per heavy atom. The maximum atomic E-state index is 12.1. The molecule has 1 amide bonds. The average Bonchev–Trinajstić information content (AvgIpc) is 2.41. The first-order valence-electron chi connectivity index (χ1n) is 5.74. The molecule has 104 valence electrons. The van der Waals surface area contributed by atoms with Crippen molar-refractivity contribution in [2.45, 2.75) is 5.75 Å². The van der Waals surface area contributed by atoms with Gasteiger partial charge in [-0.1, -0.05) is 15.9 Å². The first kappa shape index (κ1) is 14.8. The molecule has 0 fully saturated rings. The van der Waals surface area contributed by atoms with E-state index in [1.165, 1.54) is 17.8 Å². The first-order valence-corrected chi connectivity index (χ1v) is 7.93. The largest absolute Gasteiger partial charge is 0.321 e. The fourth-order valence-electron chi connectivity index (χ4n) is 1.56. The fraction of sp³-hybridized carbons (Fsp3) is 0.154. The van der Waals surface area contributed by atoms with Crippen molar-refractivity contribution < 1.29 is 4.79 Å². The number of carbonyl (C=O) groups is 1. The van der Waals surface area contributed by atoms with Crippen LogP contribution in [0.4, 0.5) is 5.69 Å². The van der Waals surface area contributed by atoms with Crippen LogP contribution in [0.15, 0.2) is 39.6 Å². The van der Waals surface area contributed by atoms with Gasteiger partial charge in [0.25, 0.3) is 11.5 Å². The van der Waals surface area contributed by atoms with Gasteiger partial charge in [-0.2, -0.15) is 11.8 Å². The second-order valence-corrected chi connectivity index (χ2v) is 5.75. The normalized spacial score (nSPS) is 10.3. The predicted octanol–water partition coefficient (Wildman–Crippen LogP) is 2.65. The average molecular weight is 354 g/mol. The van der Waals surface area contributed by atoms with E-state index in [1.54, 1.807) is 12.1 Å². The van der Waals surface area contributed by atoms with Gasteiger partial charge in [-0.25, -0.2) is 4.98 Å². The van der Waals surface area contributed by atoms with Gasteiger partial charge in [0, 0.05) is 16.2 Å². The molecule has 0 aliphatic carbocycles. The third kappa shape index (κ3) is 3.94. The van der Waals surface area contributed by atoms with Crippen LogP contribution in [0.3, 0.4) is 0 Å². The Labute approximate surface area is 128 Å². The molecule has 2 aromatic rings. The number of carbonyl (C=O) groups excluding carboxylic acids is 1. The lowest BCUT2D eigenvalue weighted by atomic mass is 10.3. The summed E-state index contributed by atoms with van der Waals surface area (Å²) in [6.45, 7) is 0. The molecule has 0 aliphatic rings. The van der Waals surface area contributed by atoms with Gasteiger partial charge in [0.1, 0.15) is 11.5 Å². The Morgan fingerprint density at radius 3 is 2.75 bits per heavy atom. The van der Waals surface area contributed by atoms with Gasteiger partial charge < -0.3 is 10.3 Å². The maximum absolute atomic E-state index is 12.1. The fourth-order valence-corrected chi connectivity index (χ4v) is 2.23. The van der Waals surface area contributed by atoms with Crippen molar-refractivity contribution in [2.24, 2.45) is 0 Å². The zero-order chi connectivity index (χ0) is 14.5. The summed E-state index contributed by atoms with van der Waals surface area (Å²) in [6.07, 6.45) is 1.90. The van der Waals surface area contributed by atoms with Crippen molar-refractivity contribution in [3.05, 3.63) is 56.7 Å². The van der Waals surface area contributed by atoms with Gasteiger partial charge in [-0.3, -0.25) is 9.59 Å². The zero-order valence-electron chi connectivity index (χ0n) is 10.6. The van der Waals surface area contributed by atoms with Crippen LogP contribution in [0.5, 0.6) is 0 Å². The molecule has 7 heteroatoms. The minimum atomic E-state index is -0.402. The molecule has 20 heavy (non-hydrogen) atoms. The molecule has 0 atom stereocenters. The Bertz CT molecular complexity index is 670. The molecule has 1 heterocycles. The number of benzene rings is 1. The van der Waals surface area contributed by atoms with Crippen LogP contribution < -0.4 is 10.9 Å². The number of amides is 1. The highest BCUT2D eigenvalue weighted by Gasteiger charge is 2.10. The molecule has 0 aliphatic heterocycles. The lowest BCUT2D eigenvalue weighted by Crippen LogP contribution is -2.20. The predicted molar refractivity (Wildman–Crippen MR) is 84.2 cm³/mol. The number of nitrogens with zero attached hydrogens (tertiary/aromatic N) is 1. The number of H-pyrrole nitrogens is 1. The van der Waals surface area contributed by atoms with E-state index >= 15 is 0 Å². The van der Waals surface area contributed by atoms with E-state index in [2.05, 4.69) is 31.2 Å². The summed E-state index contributed by atoms with van der Waals surface area (Å²) in [7, 11) is 0. The molecule has 0 radical (unpaired) electrons. The van der Waals surface area contributed by atoms with E-state index in [1.807, 2.05) is 18.4 Å². The summed E-state index contributed by atoms with van der Waals surface area (Å²) in [4.78, 5) is 30.3. The van der Waals surface area contributed by atoms with Crippen molar-refractivity contribution in [2.75, 3.05) is 11.6 Å². The Kier molecular flexibility index (Phi) is 4.97. The van der Waals surface area contributed by atoms with E-state index in [0.29, 0.717) is 17.3 Å². The van der Waals surface area contributed by atoms with E-state index < -0.39 is 5.91 Å². The third-order valence-corrected chi connectivity index (χ3v) is 3.50. The summed E-state index contributed by atoms with van der Waals surface area (Å²) >= 11 is 4.84. The number of rotatable bonds is 4. The molecule has 0 saturated carbocycles. The number of thioether (sulfide) groups is 1. The number of aromatic amines is 1.